The Balaban J connectivity index is 1.32. The first-order chi connectivity index (χ1) is 17.8. The van der Waals surface area contributed by atoms with E-state index in [1.165, 1.54) is 0 Å². The summed E-state index contributed by atoms with van der Waals surface area (Å²) in [5.41, 5.74) is 0.00256. The van der Waals surface area contributed by atoms with Gasteiger partial charge < -0.3 is 33.2 Å². The third-order valence-electron chi connectivity index (χ3n) is 9.64. The molecule has 0 saturated carbocycles. The summed E-state index contributed by atoms with van der Waals surface area (Å²) in [6.45, 7) is 16.3. The van der Waals surface area contributed by atoms with Gasteiger partial charge in [-0.2, -0.15) is 0 Å². The smallest absolute Gasteiger partial charge is 0.192 e. The van der Waals surface area contributed by atoms with Crippen molar-refractivity contribution in [3.63, 3.8) is 0 Å². The Morgan fingerprint density at radius 1 is 0.974 bits per heavy atom. The summed E-state index contributed by atoms with van der Waals surface area (Å²) in [5, 5.41) is 9.99. The van der Waals surface area contributed by atoms with Gasteiger partial charge in [-0.15, -0.1) is 0 Å². The van der Waals surface area contributed by atoms with E-state index in [-0.39, 0.29) is 54.6 Å². The minimum absolute atomic E-state index is 0.0317. The Bertz CT molecular complexity index is 952. The maximum atomic E-state index is 9.92. The predicted octanol–water partition coefficient (Wildman–Crippen LogP) is 5.52. The largest absolute Gasteiger partial charge is 0.409 e. The van der Waals surface area contributed by atoms with E-state index in [9.17, 15) is 5.11 Å². The maximum Gasteiger partial charge on any atom is 0.192 e. The highest BCUT2D eigenvalue weighted by molar-refractivity contribution is 6.74. The molecule has 0 spiro atoms. The number of ether oxygens (including phenoxy) is 5. The zero-order valence-electron chi connectivity index (χ0n) is 24.3. The number of rotatable bonds is 5. The fourth-order valence-electron chi connectivity index (χ4n) is 6.63. The molecule has 7 nitrogen and oxygen atoms in total. The molecule has 9 atom stereocenters. The number of fused-ring (bicyclic) bond motifs is 3. The van der Waals surface area contributed by atoms with Crippen molar-refractivity contribution >= 4 is 8.32 Å². The first kappa shape index (κ1) is 28.7. The minimum Gasteiger partial charge on any atom is -0.409 e. The molecule has 4 aliphatic rings. The average Bonchev–Trinajstić information content (AvgIpc) is 3.01. The molecule has 0 radical (unpaired) electrons. The van der Waals surface area contributed by atoms with E-state index in [1.54, 1.807) is 0 Å². The van der Waals surface area contributed by atoms with Crippen molar-refractivity contribution in [3.05, 3.63) is 35.9 Å². The molecule has 5 rings (SSSR count). The van der Waals surface area contributed by atoms with Gasteiger partial charge in [-0.1, -0.05) is 51.1 Å². The summed E-state index contributed by atoms with van der Waals surface area (Å²) in [7, 11) is -2.10. The van der Waals surface area contributed by atoms with Crippen molar-refractivity contribution < 1.29 is 33.2 Å². The van der Waals surface area contributed by atoms with Crippen molar-refractivity contribution in [2.75, 3.05) is 13.2 Å². The lowest BCUT2D eigenvalue weighted by Crippen LogP contribution is -2.68. The van der Waals surface area contributed by atoms with Gasteiger partial charge in [0, 0.05) is 25.0 Å². The molecule has 214 valence electrons. The number of hydrogen-bond acceptors (Lipinski definition) is 7. The molecule has 1 aromatic carbocycles. The number of aliphatic hydroxyl groups is 1. The highest BCUT2D eigenvalue weighted by Gasteiger charge is 2.60. The molecule has 8 heteroatoms. The fraction of sp³-hybridized carbons (Fsp3) is 0.800. The van der Waals surface area contributed by atoms with Crippen LogP contribution in [-0.2, 0) is 28.1 Å². The van der Waals surface area contributed by atoms with Crippen molar-refractivity contribution in [1.29, 1.82) is 0 Å². The van der Waals surface area contributed by atoms with Crippen molar-refractivity contribution in [2.24, 2.45) is 0 Å². The van der Waals surface area contributed by atoms with Crippen molar-refractivity contribution in [3.8, 4) is 0 Å². The van der Waals surface area contributed by atoms with Crippen LogP contribution in [0.4, 0.5) is 0 Å². The van der Waals surface area contributed by atoms with Gasteiger partial charge in [0.2, 0.25) is 0 Å². The van der Waals surface area contributed by atoms with Crippen LogP contribution >= 0.6 is 0 Å². The maximum absolute atomic E-state index is 9.92. The van der Waals surface area contributed by atoms with E-state index in [0.717, 1.165) is 31.2 Å². The summed E-state index contributed by atoms with van der Waals surface area (Å²) in [6.07, 6.45) is 2.80. The Labute approximate surface area is 229 Å². The Morgan fingerprint density at radius 2 is 1.68 bits per heavy atom. The third kappa shape index (κ3) is 5.53. The molecule has 4 aliphatic heterocycles. The molecule has 0 aromatic heterocycles. The van der Waals surface area contributed by atoms with Gasteiger partial charge in [-0.25, -0.2) is 0 Å². The van der Waals surface area contributed by atoms with Gasteiger partial charge >= 0.3 is 0 Å². The molecule has 0 unspecified atom stereocenters. The Morgan fingerprint density at radius 3 is 2.37 bits per heavy atom. The molecule has 0 aliphatic carbocycles. The van der Waals surface area contributed by atoms with Gasteiger partial charge in [-0.3, -0.25) is 0 Å². The van der Waals surface area contributed by atoms with Crippen LogP contribution in [0.1, 0.15) is 78.6 Å². The van der Waals surface area contributed by atoms with E-state index < -0.39 is 19.5 Å². The second-order valence-electron chi connectivity index (χ2n) is 13.7. The van der Waals surface area contributed by atoms with E-state index in [2.05, 4.69) is 47.7 Å². The van der Waals surface area contributed by atoms with Crippen LogP contribution in [0.2, 0.25) is 18.1 Å². The average molecular weight is 549 g/mol. The van der Waals surface area contributed by atoms with Crippen LogP contribution in [-0.4, -0.2) is 74.5 Å². The minimum atomic E-state index is -2.10. The lowest BCUT2D eigenvalue weighted by atomic mass is 9.74. The molecule has 4 fully saturated rings. The fourth-order valence-corrected chi connectivity index (χ4v) is 8.30. The van der Waals surface area contributed by atoms with Crippen LogP contribution < -0.4 is 0 Å². The zero-order chi connectivity index (χ0) is 27.3. The Hall–Kier alpha value is -0.843. The molecule has 0 bridgehead atoms. The van der Waals surface area contributed by atoms with Crippen LogP contribution in [0.3, 0.4) is 0 Å². The summed E-state index contributed by atoms with van der Waals surface area (Å²) in [6, 6.07) is 10.1. The molecule has 4 heterocycles. The van der Waals surface area contributed by atoms with Gasteiger partial charge in [0.1, 0.15) is 6.10 Å². The van der Waals surface area contributed by atoms with E-state index >= 15 is 0 Å². The van der Waals surface area contributed by atoms with Crippen LogP contribution in [0.15, 0.2) is 30.3 Å². The summed E-state index contributed by atoms with van der Waals surface area (Å²) in [4.78, 5) is 0. The normalized spacial score (nSPS) is 41.9. The number of aliphatic hydroxyl groups excluding tert-OH is 1. The summed E-state index contributed by atoms with van der Waals surface area (Å²) < 4.78 is 39.9. The third-order valence-corrected chi connectivity index (χ3v) is 14.2. The van der Waals surface area contributed by atoms with Crippen molar-refractivity contribution in [1.82, 2.24) is 0 Å². The monoisotopic (exact) mass is 548 g/mol. The Kier molecular flexibility index (Phi) is 7.94. The van der Waals surface area contributed by atoms with E-state index in [4.69, 9.17) is 28.1 Å². The second-order valence-corrected chi connectivity index (χ2v) is 18.4. The lowest BCUT2D eigenvalue weighted by molar-refractivity contribution is -0.317. The van der Waals surface area contributed by atoms with Gasteiger partial charge in [0.05, 0.1) is 48.3 Å². The quantitative estimate of drug-likeness (QED) is 0.486. The summed E-state index contributed by atoms with van der Waals surface area (Å²) >= 11 is 0. The van der Waals surface area contributed by atoms with Crippen LogP contribution in [0.5, 0.6) is 0 Å². The predicted molar refractivity (Wildman–Crippen MR) is 147 cm³/mol. The number of hydrogen-bond donors (Lipinski definition) is 1. The first-order valence-electron chi connectivity index (χ1n) is 14.5. The molecule has 1 N–H and O–H groups in total. The lowest BCUT2D eigenvalue weighted by Gasteiger charge is -2.59. The SMILES string of the molecule is CC(C)(C)[Si](C)(C)O[C@]1(C)C[C@]2(C)O[C@@H]3CC[C@@H]4O[C@H](c5ccccc5)OC[C@H]4O[C@H]3C[C@H]2O[C@H]1CCO. The van der Waals surface area contributed by atoms with Crippen LogP contribution in [0, 0.1) is 0 Å². The molecular formula is C30H48O7Si. The standard InChI is InChI=1S/C30H48O7Si/c1-28(2,3)38(6,7)37-30(5)19-29(4)26(35-25(30)15-16-31)17-23-22(36-29)14-13-21-24(33-23)18-32-27(34-21)20-11-9-8-10-12-20/h8-12,21-27,31H,13-19H2,1-7H3/t21-,22+,23-,24+,25-,26+,27+,29-,30+/m0/s1. The number of benzene rings is 1. The first-order valence-corrected chi connectivity index (χ1v) is 17.4. The molecule has 38 heavy (non-hydrogen) atoms. The van der Waals surface area contributed by atoms with Gasteiger partial charge in [0.25, 0.3) is 0 Å². The topological polar surface area (TPSA) is 75.6 Å². The van der Waals surface area contributed by atoms with E-state index in [1.807, 2.05) is 30.3 Å². The molecule has 4 saturated heterocycles. The molecule has 1 aromatic rings. The van der Waals surface area contributed by atoms with E-state index in [0.29, 0.717) is 13.0 Å². The second kappa shape index (κ2) is 10.5. The zero-order valence-corrected chi connectivity index (χ0v) is 25.3. The van der Waals surface area contributed by atoms with Gasteiger partial charge in [0.15, 0.2) is 14.6 Å². The highest BCUT2D eigenvalue weighted by Crippen LogP contribution is 2.51. The van der Waals surface area contributed by atoms with Crippen molar-refractivity contribution in [2.45, 2.75) is 139 Å². The molecule has 0 amide bonds. The summed E-state index contributed by atoms with van der Waals surface area (Å²) in [5.74, 6) is 0. The molecular weight excluding hydrogens is 500 g/mol. The van der Waals surface area contributed by atoms with Gasteiger partial charge in [-0.05, 0) is 51.2 Å². The highest BCUT2D eigenvalue weighted by atomic mass is 28.4. The van der Waals surface area contributed by atoms with Crippen LogP contribution in [0.25, 0.3) is 0 Å².